The zero-order valence-electron chi connectivity index (χ0n) is 19.1. The molecule has 0 bridgehead atoms. The van der Waals surface area contributed by atoms with Crippen molar-refractivity contribution >= 4 is 0 Å². The Morgan fingerprint density at radius 1 is 0.792 bits per heavy atom. The fourth-order valence-electron chi connectivity index (χ4n) is 5.46. The van der Waals surface area contributed by atoms with Gasteiger partial charge in [0, 0.05) is 0 Å². The molecule has 0 heteroatoms. The monoisotopic (exact) mass is 338 g/mol. The third kappa shape index (κ3) is 5.77. The van der Waals surface area contributed by atoms with Gasteiger partial charge in [-0.05, 0) is 53.3 Å². The molecule has 0 nitrogen and oxygen atoms in total. The molecule has 0 aromatic carbocycles. The number of hydrogen-bond acceptors (Lipinski definition) is 0. The first-order chi connectivity index (χ1) is 11.0. The molecule has 0 rings (SSSR count). The Morgan fingerprint density at radius 3 is 1.67 bits per heavy atom. The SMILES string of the molecule is CCCC(C(C)C)C(C)CC(C)(CC)C(C)C(C)(CCC)C(C)C. The first kappa shape index (κ1) is 24.0. The largest absolute Gasteiger partial charge is 0.0654 e. The summed E-state index contributed by atoms with van der Waals surface area (Å²) in [6, 6.07) is 0. The maximum Gasteiger partial charge on any atom is -0.0272 e. The summed E-state index contributed by atoms with van der Waals surface area (Å²) in [4.78, 5) is 0. The lowest BCUT2D eigenvalue weighted by Gasteiger charge is -2.50. The van der Waals surface area contributed by atoms with Crippen molar-refractivity contribution < 1.29 is 0 Å². The van der Waals surface area contributed by atoms with Crippen molar-refractivity contribution in [3.8, 4) is 0 Å². The second-order valence-electron chi connectivity index (χ2n) is 10.0. The number of hydrogen-bond donors (Lipinski definition) is 0. The van der Waals surface area contributed by atoms with E-state index in [9.17, 15) is 0 Å². The Morgan fingerprint density at radius 2 is 1.33 bits per heavy atom. The quantitative estimate of drug-likeness (QED) is 0.334. The lowest BCUT2D eigenvalue weighted by molar-refractivity contribution is -0.0104. The average molecular weight is 339 g/mol. The zero-order chi connectivity index (χ0) is 19.1. The molecule has 0 spiro atoms. The van der Waals surface area contributed by atoms with Crippen LogP contribution < -0.4 is 0 Å². The van der Waals surface area contributed by atoms with Crippen molar-refractivity contribution in [1.29, 1.82) is 0 Å². The van der Waals surface area contributed by atoms with Crippen molar-refractivity contribution in [1.82, 2.24) is 0 Å². The van der Waals surface area contributed by atoms with Gasteiger partial charge in [0.05, 0.1) is 0 Å². The molecule has 5 unspecified atom stereocenters. The summed E-state index contributed by atoms with van der Waals surface area (Å²) in [5.74, 6) is 4.04. The van der Waals surface area contributed by atoms with E-state index in [1.807, 2.05) is 0 Å². The number of rotatable bonds is 12. The van der Waals surface area contributed by atoms with Gasteiger partial charge in [-0.3, -0.25) is 0 Å². The Balaban J connectivity index is 5.43. The summed E-state index contributed by atoms with van der Waals surface area (Å²) in [5.41, 5.74) is 0.909. The van der Waals surface area contributed by atoms with Crippen molar-refractivity contribution in [3.63, 3.8) is 0 Å². The van der Waals surface area contributed by atoms with Crippen LogP contribution in [0, 0.1) is 40.4 Å². The van der Waals surface area contributed by atoms with Gasteiger partial charge >= 0.3 is 0 Å². The summed E-state index contributed by atoms with van der Waals surface area (Å²) in [7, 11) is 0. The van der Waals surface area contributed by atoms with Crippen molar-refractivity contribution in [2.45, 2.75) is 115 Å². The predicted octanol–water partition coefficient (Wildman–Crippen LogP) is 8.60. The summed E-state index contributed by atoms with van der Waals surface area (Å²) in [5, 5.41) is 0. The molecule has 0 amide bonds. The fraction of sp³-hybridized carbons (Fsp3) is 1.00. The molecule has 0 aliphatic rings. The van der Waals surface area contributed by atoms with E-state index in [1.165, 1.54) is 38.5 Å². The molecule has 0 saturated carbocycles. The predicted molar refractivity (Wildman–Crippen MR) is 112 cm³/mol. The van der Waals surface area contributed by atoms with Crippen molar-refractivity contribution in [2.24, 2.45) is 40.4 Å². The van der Waals surface area contributed by atoms with Crippen LogP contribution >= 0.6 is 0 Å². The smallest absolute Gasteiger partial charge is 0.0272 e. The van der Waals surface area contributed by atoms with Crippen molar-refractivity contribution in [3.05, 3.63) is 0 Å². The minimum absolute atomic E-state index is 0.453. The van der Waals surface area contributed by atoms with Gasteiger partial charge in [-0.15, -0.1) is 0 Å². The van der Waals surface area contributed by atoms with E-state index in [-0.39, 0.29) is 0 Å². The maximum atomic E-state index is 2.59. The molecule has 5 atom stereocenters. The van der Waals surface area contributed by atoms with Gasteiger partial charge in [0.2, 0.25) is 0 Å². The summed E-state index contributed by atoms with van der Waals surface area (Å²) >= 11 is 0. The van der Waals surface area contributed by atoms with Gasteiger partial charge in [0.25, 0.3) is 0 Å². The third-order valence-electron chi connectivity index (χ3n) is 7.95. The zero-order valence-corrected chi connectivity index (χ0v) is 19.1. The van der Waals surface area contributed by atoms with Gasteiger partial charge < -0.3 is 0 Å². The molecular weight excluding hydrogens is 288 g/mol. The molecule has 0 aliphatic heterocycles. The highest BCUT2D eigenvalue weighted by molar-refractivity contribution is 4.93. The second kappa shape index (κ2) is 10.2. The van der Waals surface area contributed by atoms with Crippen LogP contribution in [0.15, 0.2) is 0 Å². The van der Waals surface area contributed by atoms with Crippen LogP contribution in [0.2, 0.25) is 0 Å². The fourth-order valence-corrected chi connectivity index (χ4v) is 5.46. The minimum atomic E-state index is 0.453. The standard InChI is InChI=1S/C24H50/c1-12-15-22(18(4)5)20(8)17-23(10,14-3)21(9)24(11,16-13-2)19(6)7/h18-22H,12-17H2,1-11H3. The Labute approximate surface area is 155 Å². The van der Waals surface area contributed by atoms with Gasteiger partial charge in [0.1, 0.15) is 0 Å². The van der Waals surface area contributed by atoms with Gasteiger partial charge in [-0.25, -0.2) is 0 Å². The van der Waals surface area contributed by atoms with E-state index in [0.717, 1.165) is 29.6 Å². The van der Waals surface area contributed by atoms with Gasteiger partial charge in [-0.2, -0.15) is 0 Å². The lowest BCUT2D eigenvalue weighted by Crippen LogP contribution is -2.42. The summed E-state index contributed by atoms with van der Waals surface area (Å²) < 4.78 is 0. The molecule has 0 fully saturated rings. The third-order valence-corrected chi connectivity index (χ3v) is 7.95. The molecular formula is C24H50. The molecule has 24 heavy (non-hydrogen) atoms. The minimum Gasteiger partial charge on any atom is -0.0654 e. The van der Waals surface area contributed by atoms with Crippen LogP contribution in [0.25, 0.3) is 0 Å². The normalized spacial score (nSPS) is 21.4. The van der Waals surface area contributed by atoms with Crippen LogP contribution in [-0.4, -0.2) is 0 Å². The Hall–Kier alpha value is 0. The Bertz CT molecular complexity index is 329. The van der Waals surface area contributed by atoms with Crippen LogP contribution in [-0.2, 0) is 0 Å². The summed E-state index contributed by atoms with van der Waals surface area (Å²) in [6.45, 7) is 27.1. The molecule has 0 aromatic rings. The first-order valence-corrected chi connectivity index (χ1v) is 11.0. The lowest BCUT2D eigenvalue weighted by atomic mass is 9.55. The van der Waals surface area contributed by atoms with Gasteiger partial charge in [-0.1, -0.05) is 102 Å². The van der Waals surface area contributed by atoms with Crippen LogP contribution in [0.1, 0.15) is 115 Å². The average Bonchev–Trinajstić information content (AvgIpc) is 2.50. The molecule has 0 saturated heterocycles. The highest BCUT2D eigenvalue weighted by Gasteiger charge is 2.44. The highest BCUT2D eigenvalue weighted by Crippen LogP contribution is 2.52. The molecule has 0 heterocycles. The van der Waals surface area contributed by atoms with Crippen molar-refractivity contribution in [2.75, 3.05) is 0 Å². The van der Waals surface area contributed by atoms with E-state index >= 15 is 0 Å². The second-order valence-corrected chi connectivity index (χ2v) is 10.0. The van der Waals surface area contributed by atoms with E-state index in [4.69, 9.17) is 0 Å². The topological polar surface area (TPSA) is 0 Å². The van der Waals surface area contributed by atoms with Crippen LogP contribution in [0.3, 0.4) is 0 Å². The summed E-state index contributed by atoms with van der Waals surface area (Å²) in [6.07, 6.45) is 8.08. The van der Waals surface area contributed by atoms with Gasteiger partial charge in [0.15, 0.2) is 0 Å². The van der Waals surface area contributed by atoms with E-state index in [1.54, 1.807) is 0 Å². The molecule has 146 valence electrons. The van der Waals surface area contributed by atoms with E-state index < -0.39 is 0 Å². The molecule has 0 radical (unpaired) electrons. The highest BCUT2D eigenvalue weighted by atomic mass is 14.5. The van der Waals surface area contributed by atoms with Crippen LogP contribution in [0.5, 0.6) is 0 Å². The first-order valence-electron chi connectivity index (χ1n) is 11.0. The molecule has 0 aliphatic carbocycles. The molecule has 0 N–H and O–H groups in total. The molecule has 0 aromatic heterocycles. The van der Waals surface area contributed by atoms with E-state index in [2.05, 4.69) is 76.2 Å². The Kier molecular flexibility index (Phi) is 10.2. The maximum absolute atomic E-state index is 2.59. The van der Waals surface area contributed by atoms with Crippen LogP contribution in [0.4, 0.5) is 0 Å². The van der Waals surface area contributed by atoms with E-state index in [0.29, 0.717) is 10.8 Å².